The van der Waals surface area contributed by atoms with Crippen molar-refractivity contribution in [3.05, 3.63) is 27.1 Å². The van der Waals surface area contributed by atoms with Gasteiger partial charge in [0.05, 0.1) is 0 Å². The third kappa shape index (κ3) is 3.59. The maximum Gasteiger partial charge on any atom is 0.464 e. The van der Waals surface area contributed by atoms with Crippen LogP contribution in [0.15, 0.2) is 32.0 Å². The minimum Gasteiger partial charge on any atom is -0.183 e. The third-order valence-corrected chi connectivity index (χ3v) is 3.29. The molecule has 0 atom stereocenters. The minimum atomic E-state index is -5.56. The molecule has 0 saturated carbocycles. The van der Waals surface area contributed by atoms with Gasteiger partial charge in [0.1, 0.15) is 0 Å². The van der Waals surface area contributed by atoms with Crippen molar-refractivity contribution in [3.8, 4) is 0 Å². The van der Waals surface area contributed by atoms with Crippen LogP contribution in [0.25, 0.3) is 0 Å². The first-order chi connectivity index (χ1) is 7.12. The van der Waals surface area contributed by atoms with Gasteiger partial charge in [-0.3, -0.25) is 0 Å². The van der Waals surface area contributed by atoms with Crippen LogP contribution in [0.2, 0.25) is 0 Å². The fraction of sp³-hybridized carbons (Fsp3) is 0.250. The summed E-state index contributed by atoms with van der Waals surface area (Å²) in [5.74, 6) is 0. The highest BCUT2D eigenvalue weighted by atomic mass is 79.9. The van der Waals surface area contributed by atoms with Crippen LogP contribution in [0.3, 0.4) is 0 Å². The molecule has 0 radical (unpaired) electrons. The second kappa shape index (κ2) is 4.81. The van der Waals surface area contributed by atoms with E-state index in [4.69, 9.17) is 0 Å². The van der Waals surface area contributed by atoms with E-state index in [2.05, 4.69) is 31.9 Å². The molecule has 1 aromatic carbocycles. The summed E-state index contributed by atoms with van der Waals surface area (Å²) >= 11 is 5.47. The molecule has 0 saturated heterocycles. The summed E-state index contributed by atoms with van der Waals surface area (Å²) in [6.45, 7) is 0. The molecule has 0 unspecified atom stereocenters. The number of benzene rings is 1. The van der Waals surface area contributed by atoms with Gasteiger partial charge in [-0.15, -0.1) is 0 Å². The monoisotopic (exact) mass is 384 g/mol. The molecular formula is C8H3Br2F5S. The van der Waals surface area contributed by atoms with E-state index in [1.165, 1.54) is 18.2 Å². The van der Waals surface area contributed by atoms with Crippen LogP contribution in [-0.2, 0) is 0 Å². The van der Waals surface area contributed by atoms with Gasteiger partial charge in [0.15, 0.2) is 0 Å². The van der Waals surface area contributed by atoms with Gasteiger partial charge >= 0.3 is 11.4 Å². The molecule has 0 fully saturated rings. The molecular weight excluding hydrogens is 383 g/mol. The van der Waals surface area contributed by atoms with E-state index in [-0.39, 0.29) is 4.90 Å². The van der Waals surface area contributed by atoms with Gasteiger partial charge in [-0.1, -0.05) is 31.9 Å². The molecule has 0 aromatic heterocycles. The number of hydrogen-bond donors (Lipinski definition) is 0. The van der Waals surface area contributed by atoms with Gasteiger partial charge in [0, 0.05) is 13.8 Å². The van der Waals surface area contributed by atoms with Crippen molar-refractivity contribution in [1.82, 2.24) is 0 Å². The van der Waals surface area contributed by atoms with Crippen LogP contribution in [0.5, 0.6) is 0 Å². The predicted molar refractivity (Wildman–Crippen MR) is 58.7 cm³/mol. The molecule has 0 spiro atoms. The average molecular weight is 386 g/mol. The molecule has 1 aromatic rings. The van der Waals surface area contributed by atoms with Gasteiger partial charge < -0.3 is 0 Å². The first-order valence-electron chi connectivity index (χ1n) is 3.71. The number of alkyl halides is 5. The summed E-state index contributed by atoms with van der Waals surface area (Å²) in [4.78, 5) is -0.177. The van der Waals surface area contributed by atoms with Gasteiger partial charge in [0.25, 0.3) is 0 Å². The molecule has 8 heteroatoms. The lowest BCUT2D eigenvalue weighted by Gasteiger charge is -2.18. The second-order valence-corrected chi connectivity index (χ2v) is 5.74. The zero-order chi connectivity index (χ0) is 12.6. The van der Waals surface area contributed by atoms with Crippen molar-refractivity contribution in [1.29, 1.82) is 0 Å². The fourth-order valence-electron chi connectivity index (χ4n) is 0.793. The molecule has 0 amide bonds. The quantitative estimate of drug-likeness (QED) is 0.481. The third-order valence-electron chi connectivity index (χ3n) is 1.41. The highest BCUT2D eigenvalue weighted by Gasteiger charge is 2.58. The van der Waals surface area contributed by atoms with Crippen molar-refractivity contribution in [2.24, 2.45) is 0 Å². The Bertz CT molecular complexity index is 370. The lowest BCUT2D eigenvalue weighted by Crippen LogP contribution is -2.32. The maximum atomic E-state index is 12.7. The zero-order valence-electron chi connectivity index (χ0n) is 7.29. The first kappa shape index (κ1) is 14.2. The summed E-state index contributed by atoms with van der Waals surface area (Å²) in [7, 11) is 0. The number of hydrogen-bond acceptors (Lipinski definition) is 1. The van der Waals surface area contributed by atoms with Crippen molar-refractivity contribution < 1.29 is 22.0 Å². The van der Waals surface area contributed by atoms with E-state index >= 15 is 0 Å². The summed E-state index contributed by atoms with van der Waals surface area (Å²) in [6.07, 6.45) is -5.56. The predicted octanol–water partition coefficient (Wildman–Crippen LogP) is 5.46. The lowest BCUT2D eigenvalue weighted by molar-refractivity contribution is -0.237. The number of halogens is 7. The van der Waals surface area contributed by atoms with Crippen molar-refractivity contribution in [3.63, 3.8) is 0 Å². The number of rotatable bonds is 2. The molecule has 0 N–H and O–H groups in total. The molecule has 0 aliphatic carbocycles. The summed E-state index contributed by atoms with van der Waals surface area (Å²) in [5.41, 5.74) is 0. The molecule has 0 nitrogen and oxygen atoms in total. The topological polar surface area (TPSA) is 0 Å². The van der Waals surface area contributed by atoms with Gasteiger partial charge in [-0.25, -0.2) is 0 Å². The Morgan fingerprint density at radius 3 is 1.69 bits per heavy atom. The largest absolute Gasteiger partial charge is 0.464 e. The van der Waals surface area contributed by atoms with E-state index in [0.717, 1.165) is 0 Å². The van der Waals surface area contributed by atoms with Crippen molar-refractivity contribution in [2.75, 3.05) is 0 Å². The van der Waals surface area contributed by atoms with Gasteiger partial charge in [-0.2, -0.15) is 22.0 Å². The van der Waals surface area contributed by atoms with E-state index in [0.29, 0.717) is 8.95 Å². The van der Waals surface area contributed by atoms with E-state index in [9.17, 15) is 22.0 Å². The molecule has 0 heterocycles. The molecule has 0 bridgehead atoms. The Kier molecular flexibility index (Phi) is 4.29. The Hall–Kier alpha value is 0.180. The molecule has 16 heavy (non-hydrogen) atoms. The highest BCUT2D eigenvalue weighted by Crippen LogP contribution is 2.48. The Morgan fingerprint density at radius 1 is 0.875 bits per heavy atom. The minimum absolute atomic E-state index is 0.177. The Balaban J connectivity index is 2.96. The highest BCUT2D eigenvalue weighted by molar-refractivity contribution is 9.11. The van der Waals surface area contributed by atoms with Crippen LogP contribution in [-0.4, -0.2) is 11.4 Å². The molecule has 90 valence electrons. The zero-order valence-corrected chi connectivity index (χ0v) is 11.3. The first-order valence-corrected chi connectivity index (χ1v) is 6.12. The SMILES string of the molecule is FC(F)(F)C(F)(F)Sc1cc(Br)cc(Br)c1. The van der Waals surface area contributed by atoms with Crippen LogP contribution < -0.4 is 0 Å². The number of thioether (sulfide) groups is 1. The summed E-state index contributed by atoms with van der Waals surface area (Å²) in [5, 5.41) is -4.80. The molecule has 0 aliphatic heterocycles. The summed E-state index contributed by atoms with van der Waals surface area (Å²) < 4.78 is 62.0. The van der Waals surface area contributed by atoms with Gasteiger partial charge in [0.2, 0.25) is 0 Å². The smallest absolute Gasteiger partial charge is 0.183 e. The van der Waals surface area contributed by atoms with Crippen LogP contribution in [0.1, 0.15) is 0 Å². The lowest BCUT2D eigenvalue weighted by atomic mass is 10.4. The molecule has 0 aliphatic rings. The van der Waals surface area contributed by atoms with Crippen LogP contribution in [0, 0.1) is 0 Å². The Labute approximate surface area is 109 Å². The van der Waals surface area contributed by atoms with Gasteiger partial charge in [-0.05, 0) is 30.0 Å². The van der Waals surface area contributed by atoms with Crippen molar-refractivity contribution >= 4 is 43.6 Å². The summed E-state index contributed by atoms with van der Waals surface area (Å²) in [6, 6.07) is 3.92. The normalized spacial score (nSPS) is 12.9. The maximum absolute atomic E-state index is 12.7. The van der Waals surface area contributed by atoms with E-state index < -0.39 is 23.2 Å². The fourth-order valence-corrected chi connectivity index (χ4v) is 3.17. The van der Waals surface area contributed by atoms with Crippen LogP contribution in [0.4, 0.5) is 22.0 Å². The average Bonchev–Trinajstić information content (AvgIpc) is 1.97. The van der Waals surface area contributed by atoms with E-state index in [1.54, 1.807) is 0 Å². The van der Waals surface area contributed by atoms with Crippen LogP contribution >= 0.6 is 43.6 Å². The van der Waals surface area contributed by atoms with Crippen molar-refractivity contribution in [2.45, 2.75) is 16.3 Å². The second-order valence-electron chi connectivity index (χ2n) is 2.72. The van der Waals surface area contributed by atoms with E-state index in [1.807, 2.05) is 0 Å². The molecule has 1 rings (SSSR count). The Morgan fingerprint density at radius 2 is 1.31 bits per heavy atom. The standard InChI is InChI=1S/C8H3Br2F5S/c9-4-1-5(10)3-6(2-4)16-8(14,15)7(11,12)13/h1-3H.